The standard InChI is InChI=1S/C29H44O5Si/c1-28(2,3)35(5,6)34-25(22-33-24-14-10-9-11-15-24)19-17-23-18-20-26(30)29(23,4)21-13-8-7-12-16-27(31)32/h8-11,13-15,18,25H,7,12,16-17,19-22H2,1-6H3,(H,31,32)/b13-8-/t25?,29-/m1/s1. The Hall–Kier alpha value is -2.18. The number of allylic oxidation sites excluding steroid dienone is 4. The maximum absolute atomic E-state index is 12.8. The Bertz CT molecular complexity index is 897. The summed E-state index contributed by atoms with van der Waals surface area (Å²) in [6.07, 6.45) is 10.3. The van der Waals surface area contributed by atoms with Gasteiger partial charge in [0, 0.05) is 12.8 Å². The van der Waals surface area contributed by atoms with E-state index in [1.165, 1.54) is 5.57 Å². The summed E-state index contributed by atoms with van der Waals surface area (Å²) in [5, 5.41) is 8.88. The van der Waals surface area contributed by atoms with Gasteiger partial charge in [-0.05, 0) is 69.3 Å². The number of carbonyl (C=O) groups excluding carboxylic acids is 1. The molecule has 0 saturated heterocycles. The molecule has 0 heterocycles. The molecule has 0 spiro atoms. The lowest BCUT2D eigenvalue weighted by Crippen LogP contribution is -2.45. The highest BCUT2D eigenvalue weighted by Gasteiger charge is 2.41. The Balaban J connectivity index is 2.04. The molecule has 194 valence electrons. The van der Waals surface area contributed by atoms with Crippen LogP contribution in [0.1, 0.15) is 72.6 Å². The van der Waals surface area contributed by atoms with Crippen LogP contribution in [0.5, 0.6) is 5.75 Å². The maximum Gasteiger partial charge on any atom is 0.303 e. The summed E-state index contributed by atoms with van der Waals surface area (Å²) in [5.41, 5.74) is 0.687. The molecular weight excluding hydrogens is 456 g/mol. The topological polar surface area (TPSA) is 72.8 Å². The van der Waals surface area contributed by atoms with Gasteiger partial charge in [0.25, 0.3) is 0 Å². The Kier molecular flexibility index (Phi) is 10.5. The highest BCUT2D eigenvalue weighted by atomic mass is 28.4. The second kappa shape index (κ2) is 12.7. The summed E-state index contributed by atoms with van der Waals surface area (Å²) >= 11 is 0. The van der Waals surface area contributed by atoms with E-state index in [0.29, 0.717) is 25.9 Å². The molecule has 1 aromatic carbocycles. The molecule has 1 N–H and O–H groups in total. The molecule has 0 radical (unpaired) electrons. The van der Waals surface area contributed by atoms with Crippen LogP contribution in [-0.2, 0) is 14.0 Å². The lowest BCUT2D eigenvalue weighted by atomic mass is 9.77. The van der Waals surface area contributed by atoms with Gasteiger partial charge >= 0.3 is 5.97 Å². The number of ketones is 1. The normalized spacial score (nSPS) is 19.7. The number of hydrogen-bond donors (Lipinski definition) is 1. The molecule has 2 atom stereocenters. The van der Waals surface area contributed by atoms with E-state index in [-0.39, 0.29) is 23.3 Å². The zero-order valence-electron chi connectivity index (χ0n) is 22.4. The molecule has 1 aliphatic rings. The van der Waals surface area contributed by atoms with E-state index >= 15 is 0 Å². The van der Waals surface area contributed by atoms with Gasteiger partial charge in [-0.3, -0.25) is 9.59 Å². The minimum absolute atomic E-state index is 0.0523. The van der Waals surface area contributed by atoms with E-state index < -0.39 is 19.7 Å². The molecule has 1 aliphatic carbocycles. The molecule has 0 bridgehead atoms. The van der Waals surface area contributed by atoms with Crippen molar-refractivity contribution in [3.63, 3.8) is 0 Å². The second-order valence-corrected chi connectivity index (χ2v) is 16.1. The lowest BCUT2D eigenvalue weighted by molar-refractivity contribution is -0.137. The van der Waals surface area contributed by atoms with Gasteiger partial charge in [0.15, 0.2) is 8.32 Å². The first-order valence-electron chi connectivity index (χ1n) is 12.8. The van der Waals surface area contributed by atoms with Crippen molar-refractivity contribution >= 4 is 20.1 Å². The van der Waals surface area contributed by atoms with Crippen molar-refractivity contribution in [3.05, 3.63) is 54.1 Å². The average molecular weight is 501 g/mol. The van der Waals surface area contributed by atoms with Crippen LogP contribution in [0.4, 0.5) is 0 Å². The molecule has 5 nitrogen and oxygen atoms in total. The van der Waals surface area contributed by atoms with Crippen molar-refractivity contribution in [1.82, 2.24) is 0 Å². The van der Waals surface area contributed by atoms with Crippen LogP contribution in [0.15, 0.2) is 54.1 Å². The van der Waals surface area contributed by atoms with Crippen LogP contribution < -0.4 is 4.74 Å². The van der Waals surface area contributed by atoms with E-state index in [2.05, 4.69) is 39.9 Å². The van der Waals surface area contributed by atoms with Gasteiger partial charge < -0.3 is 14.3 Å². The van der Waals surface area contributed by atoms with E-state index in [1.54, 1.807) is 0 Å². The van der Waals surface area contributed by atoms with E-state index in [0.717, 1.165) is 25.0 Å². The third kappa shape index (κ3) is 8.76. The molecule has 0 amide bonds. The smallest absolute Gasteiger partial charge is 0.303 e. The number of rotatable bonds is 14. The number of carbonyl (C=O) groups is 2. The molecule has 0 fully saturated rings. The molecular formula is C29H44O5Si. The summed E-state index contributed by atoms with van der Waals surface area (Å²) in [5.74, 6) is 0.321. The first-order chi connectivity index (χ1) is 16.3. The summed E-state index contributed by atoms with van der Waals surface area (Å²) in [6.45, 7) is 13.8. The van der Waals surface area contributed by atoms with Crippen molar-refractivity contribution in [2.24, 2.45) is 5.41 Å². The molecule has 35 heavy (non-hydrogen) atoms. The molecule has 0 aliphatic heterocycles. The van der Waals surface area contributed by atoms with Gasteiger partial charge in [0.1, 0.15) is 18.1 Å². The number of para-hydroxylation sites is 1. The van der Waals surface area contributed by atoms with Crippen LogP contribution in [0.3, 0.4) is 0 Å². The van der Waals surface area contributed by atoms with Crippen molar-refractivity contribution in [2.75, 3.05) is 6.61 Å². The molecule has 1 aromatic rings. The van der Waals surface area contributed by atoms with Crippen LogP contribution in [0, 0.1) is 5.41 Å². The van der Waals surface area contributed by atoms with Gasteiger partial charge in [-0.15, -0.1) is 0 Å². The predicted octanol–water partition coefficient (Wildman–Crippen LogP) is 7.34. The third-order valence-corrected chi connectivity index (χ3v) is 12.0. The molecule has 2 rings (SSSR count). The first-order valence-corrected chi connectivity index (χ1v) is 15.7. The van der Waals surface area contributed by atoms with Gasteiger partial charge in [0.05, 0.1) is 11.5 Å². The van der Waals surface area contributed by atoms with Gasteiger partial charge in [-0.1, -0.05) is 62.8 Å². The number of benzene rings is 1. The minimum atomic E-state index is -1.99. The maximum atomic E-state index is 12.8. The molecule has 0 aromatic heterocycles. The van der Waals surface area contributed by atoms with Crippen molar-refractivity contribution in [1.29, 1.82) is 0 Å². The Morgan fingerprint density at radius 1 is 1.20 bits per heavy atom. The fraction of sp³-hybridized carbons (Fsp3) is 0.586. The number of carboxylic acid groups (broad SMARTS) is 1. The zero-order chi connectivity index (χ0) is 26.1. The number of aliphatic carboxylic acids is 1. The van der Waals surface area contributed by atoms with E-state index in [1.807, 2.05) is 49.4 Å². The molecule has 6 heteroatoms. The van der Waals surface area contributed by atoms with E-state index in [9.17, 15) is 9.59 Å². The van der Waals surface area contributed by atoms with Crippen LogP contribution in [0.2, 0.25) is 18.1 Å². The Morgan fingerprint density at radius 2 is 1.89 bits per heavy atom. The zero-order valence-corrected chi connectivity index (χ0v) is 23.4. The fourth-order valence-corrected chi connectivity index (χ4v) is 5.44. The van der Waals surface area contributed by atoms with E-state index in [4.69, 9.17) is 14.3 Å². The fourth-order valence-electron chi connectivity index (χ4n) is 4.07. The van der Waals surface area contributed by atoms with Crippen molar-refractivity contribution < 1.29 is 23.9 Å². The first kappa shape index (κ1) is 29.0. The summed E-state index contributed by atoms with van der Waals surface area (Å²) < 4.78 is 12.9. The summed E-state index contributed by atoms with van der Waals surface area (Å²) in [7, 11) is -1.99. The summed E-state index contributed by atoms with van der Waals surface area (Å²) in [6, 6.07) is 9.83. The van der Waals surface area contributed by atoms with Crippen molar-refractivity contribution in [2.45, 2.75) is 96.9 Å². The van der Waals surface area contributed by atoms with Crippen LogP contribution in [-0.4, -0.2) is 37.9 Å². The Morgan fingerprint density at radius 3 is 2.51 bits per heavy atom. The van der Waals surface area contributed by atoms with Gasteiger partial charge in [-0.2, -0.15) is 0 Å². The Labute approximate surface area is 212 Å². The second-order valence-electron chi connectivity index (χ2n) is 11.3. The predicted molar refractivity (Wildman–Crippen MR) is 144 cm³/mol. The molecule has 1 unspecified atom stereocenters. The number of hydrogen-bond acceptors (Lipinski definition) is 4. The SMILES string of the molecule is CC(C)(C)[Si](C)(C)OC(CCC1=CCC(=O)[C@]1(C)C/C=C\CCCC(=O)O)COc1ccccc1. The highest BCUT2D eigenvalue weighted by molar-refractivity contribution is 6.74. The minimum Gasteiger partial charge on any atom is -0.491 e. The summed E-state index contributed by atoms with van der Waals surface area (Å²) in [4.78, 5) is 23.5. The quantitative estimate of drug-likeness (QED) is 0.164. The number of ether oxygens (including phenoxy) is 1. The average Bonchev–Trinajstić information content (AvgIpc) is 3.06. The number of unbranched alkanes of at least 4 members (excludes halogenated alkanes) is 1. The van der Waals surface area contributed by atoms with Crippen LogP contribution in [0.25, 0.3) is 0 Å². The third-order valence-electron chi connectivity index (χ3n) is 7.49. The lowest BCUT2D eigenvalue weighted by Gasteiger charge is -2.39. The highest BCUT2D eigenvalue weighted by Crippen LogP contribution is 2.43. The number of Topliss-reactive ketones (excluding diaryl/α,β-unsaturated/α-hetero) is 1. The largest absolute Gasteiger partial charge is 0.491 e. The molecule has 0 saturated carbocycles. The van der Waals surface area contributed by atoms with Gasteiger partial charge in [-0.25, -0.2) is 0 Å². The van der Waals surface area contributed by atoms with Gasteiger partial charge in [0.2, 0.25) is 0 Å². The van der Waals surface area contributed by atoms with Crippen molar-refractivity contribution in [3.8, 4) is 5.75 Å². The van der Waals surface area contributed by atoms with Crippen LogP contribution >= 0.6 is 0 Å². The monoisotopic (exact) mass is 500 g/mol. The number of carboxylic acids is 1.